The molecule has 1 aromatic heterocycles. The summed E-state index contributed by atoms with van der Waals surface area (Å²) in [5, 5.41) is 10.4. The first-order chi connectivity index (χ1) is 11.5. The van der Waals surface area contributed by atoms with Crippen molar-refractivity contribution in [2.24, 2.45) is 0 Å². The second-order valence-electron chi connectivity index (χ2n) is 5.68. The van der Waals surface area contributed by atoms with E-state index in [1.807, 2.05) is 30.3 Å². The maximum Gasteiger partial charge on any atom is 0.360 e. The van der Waals surface area contributed by atoms with E-state index in [4.69, 9.17) is 0 Å². The molecular formula is C18H18N2O4. The maximum atomic E-state index is 12.4. The summed E-state index contributed by atoms with van der Waals surface area (Å²) >= 11 is 0. The molecule has 2 aromatic rings. The van der Waals surface area contributed by atoms with E-state index in [0.717, 1.165) is 5.56 Å². The van der Waals surface area contributed by atoms with Crippen molar-refractivity contribution in [2.75, 3.05) is 12.0 Å². The second kappa shape index (κ2) is 6.31. The fourth-order valence-corrected chi connectivity index (χ4v) is 3.01. The van der Waals surface area contributed by atoms with Gasteiger partial charge in [0.1, 0.15) is 0 Å². The van der Waals surface area contributed by atoms with Crippen LogP contribution in [0.3, 0.4) is 0 Å². The van der Waals surface area contributed by atoms with Crippen LogP contribution >= 0.6 is 0 Å². The van der Waals surface area contributed by atoms with Crippen LogP contribution in [0.4, 0.5) is 5.69 Å². The lowest BCUT2D eigenvalue weighted by atomic mass is 9.97. The predicted molar refractivity (Wildman–Crippen MR) is 87.9 cm³/mol. The van der Waals surface area contributed by atoms with Gasteiger partial charge in [-0.2, -0.15) is 0 Å². The molecule has 6 heteroatoms. The SMILES string of the molecule is COC(=O)c1nc(C)c2c(c1O)CCC(=O)N2Cc1ccccc1. The molecule has 124 valence electrons. The lowest BCUT2D eigenvalue weighted by Crippen LogP contribution is -2.35. The number of hydrogen-bond acceptors (Lipinski definition) is 5. The van der Waals surface area contributed by atoms with Crippen molar-refractivity contribution in [3.05, 3.63) is 52.8 Å². The fourth-order valence-electron chi connectivity index (χ4n) is 3.01. The van der Waals surface area contributed by atoms with E-state index >= 15 is 0 Å². The molecule has 0 atom stereocenters. The van der Waals surface area contributed by atoms with Gasteiger partial charge in [-0.3, -0.25) is 4.79 Å². The van der Waals surface area contributed by atoms with Crippen molar-refractivity contribution in [3.63, 3.8) is 0 Å². The Morgan fingerprint density at radius 1 is 1.29 bits per heavy atom. The molecule has 2 heterocycles. The third-order valence-electron chi connectivity index (χ3n) is 4.14. The quantitative estimate of drug-likeness (QED) is 0.876. The van der Waals surface area contributed by atoms with Crippen molar-refractivity contribution in [1.29, 1.82) is 0 Å². The van der Waals surface area contributed by atoms with Crippen molar-refractivity contribution in [1.82, 2.24) is 4.98 Å². The van der Waals surface area contributed by atoms with Gasteiger partial charge >= 0.3 is 5.97 Å². The molecular weight excluding hydrogens is 308 g/mol. The summed E-state index contributed by atoms with van der Waals surface area (Å²) in [5.41, 5.74) is 2.54. The summed E-state index contributed by atoms with van der Waals surface area (Å²) in [7, 11) is 1.24. The molecule has 1 aromatic carbocycles. The first-order valence-corrected chi connectivity index (χ1v) is 7.68. The first-order valence-electron chi connectivity index (χ1n) is 7.68. The molecule has 0 aliphatic carbocycles. The standard InChI is InChI=1S/C18H18N2O4/c1-11-16-13(17(22)15(19-11)18(23)24-2)8-9-14(21)20(16)10-12-6-4-3-5-7-12/h3-7,22H,8-10H2,1-2H3. The number of benzene rings is 1. The zero-order valence-electron chi connectivity index (χ0n) is 13.6. The molecule has 0 fully saturated rings. The molecule has 1 amide bonds. The largest absolute Gasteiger partial charge is 0.505 e. The van der Waals surface area contributed by atoms with Crippen LogP contribution in [0.2, 0.25) is 0 Å². The predicted octanol–water partition coefficient (Wildman–Crippen LogP) is 2.36. The number of aryl methyl sites for hydroxylation is 1. The molecule has 6 nitrogen and oxygen atoms in total. The number of hydrogen-bond donors (Lipinski definition) is 1. The highest BCUT2D eigenvalue weighted by atomic mass is 16.5. The Morgan fingerprint density at radius 2 is 2.00 bits per heavy atom. The number of carbonyl (C=O) groups is 2. The van der Waals surface area contributed by atoms with Gasteiger partial charge in [0.2, 0.25) is 5.91 Å². The van der Waals surface area contributed by atoms with Gasteiger partial charge < -0.3 is 14.7 Å². The Bertz CT molecular complexity index is 802. The highest BCUT2D eigenvalue weighted by Gasteiger charge is 2.31. The maximum absolute atomic E-state index is 12.4. The Morgan fingerprint density at radius 3 is 2.67 bits per heavy atom. The van der Waals surface area contributed by atoms with Crippen LogP contribution in [0, 0.1) is 6.92 Å². The molecule has 0 unspecified atom stereocenters. The summed E-state index contributed by atoms with van der Waals surface area (Å²) in [6.07, 6.45) is 0.649. The monoisotopic (exact) mass is 326 g/mol. The number of fused-ring (bicyclic) bond motifs is 1. The zero-order chi connectivity index (χ0) is 17.3. The molecule has 0 bridgehead atoms. The first kappa shape index (κ1) is 16.0. The molecule has 24 heavy (non-hydrogen) atoms. The van der Waals surface area contributed by atoms with Crippen molar-refractivity contribution >= 4 is 17.6 Å². The third kappa shape index (κ3) is 2.71. The number of pyridine rings is 1. The molecule has 3 rings (SSSR count). The molecule has 0 spiro atoms. The minimum atomic E-state index is -0.690. The Hall–Kier alpha value is -2.89. The molecule has 0 saturated carbocycles. The summed E-state index contributed by atoms with van der Waals surface area (Å²) in [6, 6.07) is 9.61. The number of nitrogens with zero attached hydrogens (tertiary/aromatic N) is 2. The summed E-state index contributed by atoms with van der Waals surface area (Å²) in [4.78, 5) is 30.0. The van der Waals surface area contributed by atoms with Crippen LogP contribution in [0.1, 0.15) is 33.7 Å². The number of ether oxygens (including phenoxy) is 1. The van der Waals surface area contributed by atoms with Crippen LogP contribution in [-0.4, -0.2) is 29.1 Å². The number of rotatable bonds is 3. The number of aromatic hydroxyl groups is 1. The minimum absolute atomic E-state index is 0.0264. The van der Waals surface area contributed by atoms with Gasteiger partial charge in [-0.25, -0.2) is 9.78 Å². The molecule has 0 saturated heterocycles. The Balaban J connectivity index is 2.08. The lowest BCUT2D eigenvalue weighted by molar-refractivity contribution is -0.119. The van der Waals surface area contributed by atoms with Crippen molar-refractivity contribution in [2.45, 2.75) is 26.3 Å². The van der Waals surface area contributed by atoms with Gasteiger partial charge in [-0.15, -0.1) is 0 Å². The normalized spacial score (nSPS) is 13.6. The third-order valence-corrected chi connectivity index (χ3v) is 4.14. The van der Waals surface area contributed by atoms with Crippen molar-refractivity contribution < 1.29 is 19.4 Å². The average Bonchev–Trinajstić information content (AvgIpc) is 2.60. The highest BCUT2D eigenvalue weighted by Crippen LogP contribution is 2.38. The van der Waals surface area contributed by atoms with Crippen molar-refractivity contribution in [3.8, 4) is 5.75 Å². The van der Waals surface area contributed by atoms with Crippen LogP contribution < -0.4 is 4.90 Å². The van der Waals surface area contributed by atoms with Gasteiger partial charge in [0, 0.05) is 12.0 Å². The number of carbonyl (C=O) groups excluding carboxylic acids is 2. The van der Waals surface area contributed by atoms with E-state index in [9.17, 15) is 14.7 Å². The molecule has 1 aliphatic rings. The van der Waals surface area contributed by atoms with Crippen LogP contribution in [0.25, 0.3) is 0 Å². The van der Waals surface area contributed by atoms with E-state index in [1.54, 1.807) is 11.8 Å². The van der Waals surface area contributed by atoms with E-state index in [2.05, 4.69) is 9.72 Å². The number of aromatic nitrogens is 1. The number of methoxy groups -OCH3 is 1. The van der Waals surface area contributed by atoms with Gasteiger partial charge in [-0.05, 0) is 18.9 Å². The minimum Gasteiger partial charge on any atom is -0.505 e. The lowest BCUT2D eigenvalue weighted by Gasteiger charge is -2.31. The topological polar surface area (TPSA) is 79.7 Å². The summed E-state index contributed by atoms with van der Waals surface area (Å²) in [6.45, 7) is 2.12. The summed E-state index contributed by atoms with van der Waals surface area (Å²) < 4.78 is 4.66. The summed E-state index contributed by atoms with van der Waals surface area (Å²) in [5.74, 6) is -0.917. The van der Waals surface area contributed by atoms with E-state index in [0.29, 0.717) is 29.9 Å². The smallest absolute Gasteiger partial charge is 0.360 e. The van der Waals surface area contributed by atoms with Gasteiger partial charge in [0.15, 0.2) is 11.4 Å². The Kier molecular flexibility index (Phi) is 4.20. The van der Waals surface area contributed by atoms with E-state index in [-0.39, 0.29) is 23.8 Å². The molecule has 0 radical (unpaired) electrons. The van der Waals surface area contributed by atoms with Crippen LogP contribution in [0.5, 0.6) is 5.75 Å². The van der Waals surface area contributed by atoms with Crippen LogP contribution in [0.15, 0.2) is 30.3 Å². The van der Waals surface area contributed by atoms with E-state index in [1.165, 1.54) is 7.11 Å². The Labute approximate surface area is 139 Å². The highest BCUT2D eigenvalue weighted by molar-refractivity contribution is 5.99. The van der Waals surface area contributed by atoms with Gasteiger partial charge in [0.05, 0.1) is 25.0 Å². The van der Waals surface area contributed by atoms with Gasteiger partial charge in [0.25, 0.3) is 0 Å². The second-order valence-corrected chi connectivity index (χ2v) is 5.68. The number of esters is 1. The zero-order valence-corrected chi connectivity index (χ0v) is 13.6. The fraction of sp³-hybridized carbons (Fsp3) is 0.278. The average molecular weight is 326 g/mol. The van der Waals surface area contributed by atoms with E-state index < -0.39 is 5.97 Å². The number of amides is 1. The molecule has 1 aliphatic heterocycles. The molecule has 1 N–H and O–H groups in total. The number of anilines is 1. The van der Waals surface area contributed by atoms with Gasteiger partial charge in [-0.1, -0.05) is 30.3 Å². The van der Waals surface area contributed by atoms with Crippen LogP contribution in [-0.2, 0) is 22.5 Å².